The van der Waals surface area contributed by atoms with Crippen molar-refractivity contribution >= 4 is 11.3 Å². The van der Waals surface area contributed by atoms with Crippen LogP contribution in [-0.4, -0.2) is 44.3 Å². The zero-order valence-corrected chi connectivity index (χ0v) is 11.7. The molecule has 98 valence electrons. The Morgan fingerprint density at radius 3 is 2.88 bits per heavy atom. The lowest BCUT2D eigenvalue weighted by atomic mass is 10.2. The van der Waals surface area contributed by atoms with Gasteiger partial charge in [-0.2, -0.15) is 0 Å². The van der Waals surface area contributed by atoms with Crippen LogP contribution in [0.25, 0.3) is 0 Å². The van der Waals surface area contributed by atoms with Crippen molar-refractivity contribution in [3.63, 3.8) is 0 Å². The van der Waals surface area contributed by atoms with Crippen LogP contribution >= 0.6 is 11.3 Å². The van der Waals surface area contributed by atoms with Gasteiger partial charge in [0.25, 0.3) is 0 Å². The number of ether oxygens (including phenoxy) is 1. The van der Waals surface area contributed by atoms with Crippen molar-refractivity contribution in [1.82, 2.24) is 4.90 Å². The van der Waals surface area contributed by atoms with E-state index in [0.29, 0.717) is 6.54 Å². The Morgan fingerprint density at radius 2 is 2.29 bits per heavy atom. The minimum Gasteiger partial charge on any atom is -0.377 e. The lowest BCUT2D eigenvalue weighted by Crippen LogP contribution is -2.30. The van der Waals surface area contributed by atoms with Crippen molar-refractivity contribution < 1.29 is 4.74 Å². The maximum atomic E-state index is 5.65. The molecule has 0 aromatic carbocycles. The van der Waals surface area contributed by atoms with Crippen molar-refractivity contribution in [2.45, 2.75) is 25.9 Å². The fourth-order valence-corrected chi connectivity index (χ4v) is 2.44. The summed E-state index contributed by atoms with van der Waals surface area (Å²) in [5, 5.41) is 2.13. The maximum absolute atomic E-state index is 5.65. The molecule has 3 nitrogen and oxygen atoms in total. The van der Waals surface area contributed by atoms with Crippen LogP contribution in [0.5, 0.6) is 0 Å². The van der Waals surface area contributed by atoms with E-state index in [1.54, 1.807) is 0 Å². The fraction of sp³-hybridized carbons (Fsp3) is 0.692. The van der Waals surface area contributed by atoms with E-state index >= 15 is 0 Å². The van der Waals surface area contributed by atoms with Crippen molar-refractivity contribution in [1.29, 1.82) is 0 Å². The summed E-state index contributed by atoms with van der Waals surface area (Å²) in [7, 11) is 2.16. The van der Waals surface area contributed by atoms with E-state index < -0.39 is 0 Å². The molecular formula is C13H24N2OS. The fourth-order valence-electron chi connectivity index (χ4n) is 1.74. The van der Waals surface area contributed by atoms with Gasteiger partial charge in [0, 0.05) is 31.1 Å². The lowest BCUT2D eigenvalue weighted by molar-refractivity contribution is 0.0565. The first-order valence-electron chi connectivity index (χ1n) is 6.28. The quantitative estimate of drug-likeness (QED) is 0.734. The molecule has 0 amide bonds. The van der Waals surface area contributed by atoms with Gasteiger partial charge in [-0.25, -0.2) is 0 Å². The van der Waals surface area contributed by atoms with Gasteiger partial charge in [-0.05, 0) is 38.3 Å². The van der Waals surface area contributed by atoms with Crippen LogP contribution in [0.15, 0.2) is 17.5 Å². The Hall–Kier alpha value is -0.420. The van der Waals surface area contributed by atoms with E-state index in [1.807, 2.05) is 18.3 Å². The summed E-state index contributed by atoms with van der Waals surface area (Å²) >= 11 is 1.83. The molecule has 1 atom stereocenters. The standard InChI is InChI=1S/C13H24N2OS/c1-3-16-12(11-14)6-8-15(2)9-7-13-5-4-10-17-13/h4-5,10,12H,3,6-9,11,14H2,1-2H3. The largest absolute Gasteiger partial charge is 0.377 e. The van der Waals surface area contributed by atoms with Crippen LogP contribution < -0.4 is 5.73 Å². The Kier molecular flexibility index (Phi) is 7.44. The molecule has 1 aromatic heterocycles. The molecule has 0 fully saturated rings. The van der Waals surface area contributed by atoms with Gasteiger partial charge in [-0.1, -0.05) is 6.07 Å². The third-order valence-electron chi connectivity index (χ3n) is 2.82. The second-order valence-corrected chi connectivity index (χ2v) is 5.27. The van der Waals surface area contributed by atoms with Crippen molar-refractivity contribution in [3.8, 4) is 0 Å². The molecule has 0 saturated carbocycles. The highest BCUT2D eigenvalue weighted by Gasteiger charge is 2.07. The smallest absolute Gasteiger partial charge is 0.0709 e. The third kappa shape index (κ3) is 6.17. The molecule has 0 bridgehead atoms. The summed E-state index contributed by atoms with van der Waals surface area (Å²) in [5.41, 5.74) is 5.65. The molecule has 1 rings (SSSR count). The maximum Gasteiger partial charge on any atom is 0.0709 e. The van der Waals surface area contributed by atoms with Gasteiger partial charge < -0.3 is 15.4 Å². The van der Waals surface area contributed by atoms with Crippen LogP contribution in [0, 0.1) is 0 Å². The monoisotopic (exact) mass is 256 g/mol. The highest BCUT2D eigenvalue weighted by Crippen LogP contribution is 2.09. The summed E-state index contributed by atoms with van der Waals surface area (Å²) in [6, 6.07) is 4.31. The Labute approximate surface area is 109 Å². The molecule has 0 saturated heterocycles. The van der Waals surface area contributed by atoms with E-state index in [1.165, 1.54) is 4.88 Å². The number of nitrogens with zero attached hydrogens (tertiary/aromatic N) is 1. The first-order chi connectivity index (χ1) is 8.26. The van der Waals surface area contributed by atoms with E-state index in [2.05, 4.69) is 29.5 Å². The van der Waals surface area contributed by atoms with Crippen LogP contribution in [0.1, 0.15) is 18.2 Å². The topological polar surface area (TPSA) is 38.5 Å². The molecule has 1 heterocycles. The number of likely N-dealkylation sites (N-methyl/N-ethyl adjacent to an activating group) is 1. The molecule has 0 aliphatic rings. The Balaban J connectivity index is 2.13. The molecule has 1 unspecified atom stereocenters. The molecule has 0 aliphatic carbocycles. The summed E-state index contributed by atoms with van der Waals surface area (Å²) in [4.78, 5) is 3.80. The van der Waals surface area contributed by atoms with E-state index in [4.69, 9.17) is 10.5 Å². The van der Waals surface area contributed by atoms with Crippen LogP contribution in [0.4, 0.5) is 0 Å². The van der Waals surface area contributed by atoms with Gasteiger partial charge >= 0.3 is 0 Å². The lowest BCUT2D eigenvalue weighted by Gasteiger charge is -2.20. The Bertz CT molecular complexity index is 277. The minimum absolute atomic E-state index is 0.212. The SMILES string of the molecule is CCOC(CN)CCN(C)CCc1cccs1. The van der Waals surface area contributed by atoms with Gasteiger partial charge in [0.15, 0.2) is 0 Å². The average molecular weight is 256 g/mol. The summed E-state index contributed by atoms with van der Waals surface area (Å²) in [6.07, 6.45) is 2.37. The second kappa shape index (κ2) is 8.64. The van der Waals surface area contributed by atoms with Gasteiger partial charge in [0.2, 0.25) is 0 Å². The first-order valence-corrected chi connectivity index (χ1v) is 7.16. The number of rotatable bonds is 9. The number of thiophene rings is 1. The summed E-state index contributed by atoms with van der Waals surface area (Å²) in [5.74, 6) is 0. The summed E-state index contributed by atoms with van der Waals surface area (Å²) in [6.45, 7) is 5.54. The zero-order chi connectivity index (χ0) is 12.5. The Morgan fingerprint density at radius 1 is 1.47 bits per heavy atom. The predicted octanol–water partition coefficient (Wildman–Crippen LogP) is 1.98. The average Bonchev–Trinajstić information content (AvgIpc) is 2.85. The molecular weight excluding hydrogens is 232 g/mol. The highest BCUT2D eigenvalue weighted by atomic mass is 32.1. The van der Waals surface area contributed by atoms with Gasteiger partial charge in [-0.15, -0.1) is 11.3 Å². The molecule has 0 spiro atoms. The van der Waals surface area contributed by atoms with Gasteiger partial charge in [0.05, 0.1) is 6.10 Å². The van der Waals surface area contributed by atoms with Crippen LogP contribution in [0.2, 0.25) is 0 Å². The number of nitrogens with two attached hydrogens (primary N) is 1. The zero-order valence-electron chi connectivity index (χ0n) is 10.9. The normalized spacial score (nSPS) is 13.2. The number of hydrogen-bond acceptors (Lipinski definition) is 4. The van der Waals surface area contributed by atoms with Crippen molar-refractivity contribution in [2.24, 2.45) is 5.73 Å². The van der Waals surface area contributed by atoms with Crippen LogP contribution in [0.3, 0.4) is 0 Å². The molecule has 4 heteroatoms. The van der Waals surface area contributed by atoms with Crippen molar-refractivity contribution in [3.05, 3.63) is 22.4 Å². The van der Waals surface area contributed by atoms with E-state index in [-0.39, 0.29) is 6.10 Å². The molecule has 1 aromatic rings. The van der Waals surface area contributed by atoms with Crippen molar-refractivity contribution in [2.75, 3.05) is 33.3 Å². The molecule has 0 aliphatic heterocycles. The second-order valence-electron chi connectivity index (χ2n) is 4.23. The minimum atomic E-state index is 0.212. The molecule has 2 N–H and O–H groups in total. The van der Waals surface area contributed by atoms with Gasteiger partial charge in [-0.3, -0.25) is 0 Å². The third-order valence-corrected chi connectivity index (χ3v) is 3.75. The molecule has 17 heavy (non-hydrogen) atoms. The highest BCUT2D eigenvalue weighted by molar-refractivity contribution is 7.09. The predicted molar refractivity (Wildman–Crippen MR) is 74.6 cm³/mol. The van der Waals surface area contributed by atoms with E-state index in [0.717, 1.165) is 32.5 Å². The van der Waals surface area contributed by atoms with E-state index in [9.17, 15) is 0 Å². The van der Waals surface area contributed by atoms with Crippen LogP contribution in [-0.2, 0) is 11.2 Å². The molecule has 0 radical (unpaired) electrons. The number of hydrogen-bond donors (Lipinski definition) is 1. The summed E-state index contributed by atoms with van der Waals surface area (Å²) < 4.78 is 5.54. The van der Waals surface area contributed by atoms with Gasteiger partial charge in [0.1, 0.15) is 0 Å². The first kappa shape index (κ1) is 14.6.